The molecule has 3 aliphatic carbocycles. The Bertz CT molecular complexity index is 768. The van der Waals surface area contributed by atoms with Crippen LogP contribution in [0.5, 0.6) is 0 Å². The van der Waals surface area contributed by atoms with Crippen LogP contribution in [0.25, 0.3) is 10.4 Å². The van der Waals surface area contributed by atoms with Gasteiger partial charge in [-0.05, 0) is 106 Å². The molecule has 0 bridgehead atoms. The summed E-state index contributed by atoms with van der Waals surface area (Å²) in [4.78, 5) is 3.02. The number of fused-ring (bicyclic) bond motifs is 1. The number of allylic oxidation sites excluding steroid dienone is 4. The topological polar surface area (TPSA) is 69.0 Å². The van der Waals surface area contributed by atoms with E-state index in [1.165, 1.54) is 49.7 Å². The normalized spacial score (nSPS) is 35.1. The van der Waals surface area contributed by atoms with Gasteiger partial charge in [0.15, 0.2) is 0 Å². The smallest absolute Gasteiger partial charge is 0.0591 e. The lowest BCUT2D eigenvalue weighted by Gasteiger charge is -2.44. The van der Waals surface area contributed by atoms with Gasteiger partial charge in [-0.2, -0.15) is 0 Å². The highest BCUT2D eigenvalue weighted by Gasteiger charge is 2.50. The van der Waals surface area contributed by atoms with Crippen molar-refractivity contribution >= 4 is 0 Å². The molecule has 1 N–H and O–H groups in total. The minimum absolute atomic E-state index is 0.0809. The zero-order chi connectivity index (χ0) is 22.6. The van der Waals surface area contributed by atoms with Crippen LogP contribution in [0.3, 0.4) is 0 Å². The van der Waals surface area contributed by atoms with Crippen LogP contribution in [0.4, 0.5) is 0 Å². The maximum Gasteiger partial charge on any atom is 0.0591 e. The quantitative estimate of drug-likeness (QED) is 0.250. The molecule has 0 amide bonds. The van der Waals surface area contributed by atoms with E-state index in [1.54, 1.807) is 5.57 Å². The van der Waals surface area contributed by atoms with Crippen molar-refractivity contribution in [3.8, 4) is 0 Å². The molecule has 3 fully saturated rings. The minimum Gasteiger partial charge on any atom is -0.390 e. The van der Waals surface area contributed by atoms with Gasteiger partial charge in [0.25, 0.3) is 0 Å². The Hall–Kier alpha value is -1.51. The van der Waals surface area contributed by atoms with Crippen molar-refractivity contribution < 1.29 is 5.11 Å². The maximum absolute atomic E-state index is 10.1. The van der Waals surface area contributed by atoms with Gasteiger partial charge in [-0.3, -0.25) is 0 Å². The predicted octanol–water partition coefficient (Wildman–Crippen LogP) is 8.05. The van der Waals surface area contributed by atoms with Crippen LogP contribution in [-0.2, 0) is 0 Å². The van der Waals surface area contributed by atoms with Gasteiger partial charge in [-0.15, -0.1) is 0 Å². The second-order valence-electron chi connectivity index (χ2n) is 11.4. The first-order chi connectivity index (χ1) is 14.6. The molecule has 3 aliphatic rings. The monoisotopic (exact) mass is 425 g/mol. The van der Waals surface area contributed by atoms with Gasteiger partial charge in [-0.25, -0.2) is 0 Å². The van der Waals surface area contributed by atoms with Crippen molar-refractivity contribution in [2.45, 2.75) is 110 Å². The molecule has 1 unspecified atom stereocenters. The second-order valence-corrected chi connectivity index (χ2v) is 11.4. The molecule has 4 heteroatoms. The fourth-order valence-corrected chi connectivity index (χ4v) is 6.84. The summed E-state index contributed by atoms with van der Waals surface area (Å²) in [6.45, 7) is 13.1. The molecule has 31 heavy (non-hydrogen) atoms. The lowest BCUT2D eigenvalue weighted by molar-refractivity contribution is 0.0597. The first kappa shape index (κ1) is 24.1. The van der Waals surface area contributed by atoms with Gasteiger partial charge in [0.05, 0.1) is 5.60 Å². The van der Waals surface area contributed by atoms with E-state index in [-0.39, 0.29) is 6.04 Å². The Morgan fingerprint density at radius 1 is 1.29 bits per heavy atom. The molecule has 0 aromatic rings. The molecular weight excluding hydrogens is 382 g/mol. The summed E-state index contributed by atoms with van der Waals surface area (Å²) in [5, 5.41) is 14.0. The highest BCUT2D eigenvalue weighted by molar-refractivity contribution is 5.36. The third-order valence-corrected chi connectivity index (χ3v) is 8.58. The van der Waals surface area contributed by atoms with E-state index in [0.29, 0.717) is 11.3 Å². The number of hydrogen-bond donors (Lipinski definition) is 1. The molecule has 172 valence electrons. The van der Waals surface area contributed by atoms with E-state index >= 15 is 0 Å². The zero-order valence-electron chi connectivity index (χ0n) is 20.2. The number of aliphatic hydroxyl groups is 1. The largest absolute Gasteiger partial charge is 0.390 e. The molecule has 3 rings (SSSR count). The van der Waals surface area contributed by atoms with Crippen LogP contribution < -0.4 is 0 Å². The Balaban J connectivity index is 1.70. The van der Waals surface area contributed by atoms with Crippen molar-refractivity contribution in [2.75, 3.05) is 0 Å². The molecule has 0 aromatic heterocycles. The van der Waals surface area contributed by atoms with Gasteiger partial charge in [0, 0.05) is 11.0 Å². The van der Waals surface area contributed by atoms with Gasteiger partial charge in [-0.1, -0.05) is 61.7 Å². The van der Waals surface area contributed by atoms with Crippen LogP contribution in [-0.4, -0.2) is 16.7 Å². The predicted molar refractivity (Wildman–Crippen MR) is 130 cm³/mol. The van der Waals surface area contributed by atoms with Crippen LogP contribution in [0.1, 0.15) is 98.3 Å². The molecule has 0 aromatic carbocycles. The highest BCUT2D eigenvalue weighted by atomic mass is 16.3. The summed E-state index contributed by atoms with van der Waals surface area (Å²) >= 11 is 0. The van der Waals surface area contributed by atoms with E-state index in [4.69, 9.17) is 5.53 Å². The number of hydrogen-bond acceptors (Lipinski definition) is 2. The first-order valence-corrected chi connectivity index (χ1v) is 12.5. The average molecular weight is 426 g/mol. The SMILES string of the molecule is C=C1CCC(N=[N+]=[N-])C/C1=C/C=C1\CCC[C@@]2(C)[C@H]1CC[C@H]2[C@H](C)CCCC(C)(C)O. The summed E-state index contributed by atoms with van der Waals surface area (Å²) in [7, 11) is 0. The molecule has 0 spiro atoms. The number of azide groups is 1. The Labute approximate surface area is 189 Å². The average Bonchev–Trinajstić information content (AvgIpc) is 3.05. The standard InChI is InChI=1S/C27H43N3O/c1-19-10-13-23(29-30-28)18-22(19)12-11-21-9-7-17-27(5)24(14-15-25(21)27)20(2)8-6-16-26(3,4)31/h11-12,20,23-25,31H,1,6-10,13-18H2,2-5H3/b21-11+,22-12-/t20-,23?,24+,25+,27-/m1/s1. The Morgan fingerprint density at radius 3 is 2.77 bits per heavy atom. The molecule has 3 saturated carbocycles. The van der Waals surface area contributed by atoms with E-state index in [0.717, 1.165) is 43.9 Å². The van der Waals surface area contributed by atoms with E-state index in [9.17, 15) is 5.11 Å². The van der Waals surface area contributed by atoms with E-state index in [2.05, 4.69) is 42.6 Å². The molecule has 0 saturated heterocycles. The Morgan fingerprint density at radius 2 is 2.06 bits per heavy atom. The maximum atomic E-state index is 10.1. The first-order valence-electron chi connectivity index (χ1n) is 12.5. The number of nitrogens with zero attached hydrogens (tertiary/aromatic N) is 3. The van der Waals surface area contributed by atoms with Crippen LogP contribution in [0.2, 0.25) is 0 Å². The van der Waals surface area contributed by atoms with Gasteiger partial charge in [0.2, 0.25) is 0 Å². The van der Waals surface area contributed by atoms with Crippen LogP contribution in [0.15, 0.2) is 40.6 Å². The van der Waals surface area contributed by atoms with Crippen molar-refractivity contribution in [3.05, 3.63) is 45.9 Å². The number of rotatable bonds is 7. The van der Waals surface area contributed by atoms with Gasteiger partial charge < -0.3 is 5.11 Å². The third-order valence-electron chi connectivity index (χ3n) is 8.58. The van der Waals surface area contributed by atoms with Crippen molar-refractivity contribution in [1.29, 1.82) is 0 Å². The van der Waals surface area contributed by atoms with Crippen molar-refractivity contribution in [2.24, 2.45) is 28.3 Å². The van der Waals surface area contributed by atoms with Crippen molar-refractivity contribution in [3.63, 3.8) is 0 Å². The van der Waals surface area contributed by atoms with Crippen LogP contribution >= 0.6 is 0 Å². The summed E-state index contributed by atoms with van der Waals surface area (Å²) in [6.07, 6.45) is 17.1. The molecule has 0 aliphatic heterocycles. The molecule has 5 atom stereocenters. The fourth-order valence-electron chi connectivity index (χ4n) is 6.84. The zero-order valence-corrected chi connectivity index (χ0v) is 20.2. The summed E-state index contributed by atoms with van der Waals surface area (Å²) in [5.41, 5.74) is 12.8. The van der Waals surface area contributed by atoms with E-state index in [1.807, 2.05) is 13.8 Å². The van der Waals surface area contributed by atoms with Crippen molar-refractivity contribution in [1.82, 2.24) is 0 Å². The molecule has 0 heterocycles. The van der Waals surface area contributed by atoms with Gasteiger partial charge >= 0.3 is 0 Å². The molecule has 0 radical (unpaired) electrons. The summed E-state index contributed by atoms with van der Waals surface area (Å²) in [6, 6.07) is 0.0809. The van der Waals surface area contributed by atoms with E-state index < -0.39 is 5.60 Å². The molecular formula is C27H43N3O. The Kier molecular flexibility index (Phi) is 7.76. The second kappa shape index (κ2) is 9.96. The highest BCUT2D eigenvalue weighted by Crippen LogP contribution is 2.60. The lowest BCUT2D eigenvalue weighted by Crippen LogP contribution is -2.36. The fraction of sp³-hybridized carbons (Fsp3) is 0.778. The van der Waals surface area contributed by atoms with Gasteiger partial charge in [0.1, 0.15) is 0 Å². The lowest BCUT2D eigenvalue weighted by atomic mass is 9.60. The minimum atomic E-state index is -0.545. The summed E-state index contributed by atoms with van der Waals surface area (Å²) < 4.78 is 0. The van der Waals surface area contributed by atoms with Crippen LogP contribution in [0, 0.1) is 23.2 Å². The third kappa shape index (κ3) is 5.84. The summed E-state index contributed by atoms with van der Waals surface area (Å²) in [5.74, 6) is 2.21. The molecule has 4 nitrogen and oxygen atoms in total.